The molecule has 1 aromatic rings. The number of carbonyl (C=O) groups excluding carboxylic acids is 3. The second-order valence-corrected chi connectivity index (χ2v) is 9.27. The molecule has 0 saturated carbocycles. The van der Waals surface area contributed by atoms with Gasteiger partial charge < -0.3 is 25.0 Å². The highest BCUT2D eigenvalue weighted by atomic mass is 35.5. The maximum atomic E-state index is 12.3. The summed E-state index contributed by atoms with van der Waals surface area (Å²) in [5.41, 5.74) is -0.599. The first-order valence-electron chi connectivity index (χ1n) is 11.0. The second kappa shape index (κ2) is 12.5. The molecule has 1 aromatic carbocycles. The van der Waals surface area contributed by atoms with Crippen LogP contribution in [0.1, 0.15) is 46.5 Å². The number of amides is 3. The summed E-state index contributed by atoms with van der Waals surface area (Å²) in [6, 6.07) is 7.25. The second-order valence-electron chi connectivity index (χ2n) is 8.87. The van der Waals surface area contributed by atoms with Gasteiger partial charge in [0, 0.05) is 26.1 Å². The number of hydrogen-bond donors (Lipinski definition) is 2. The lowest BCUT2D eigenvalue weighted by Crippen LogP contribution is -2.46. The molecular formula is C23H34ClN3O5. The largest absolute Gasteiger partial charge is 0.492 e. The molecular weight excluding hydrogens is 434 g/mol. The van der Waals surface area contributed by atoms with E-state index in [4.69, 9.17) is 21.1 Å². The fourth-order valence-electron chi connectivity index (χ4n) is 3.28. The lowest BCUT2D eigenvalue weighted by molar-refractivity contribution is -0.131. The Balaban J connectivity index is 1.55. The minimum atomic E-state index is -0.599. The molecule has 0 spiro atoms. The predicted octanol–water partition coefficient (Wildman–Crippen LogP) is 3.38. The van der Waals surface area contributed by atoms with Crippen LogP contribution in [0.2, 0.25) is 5.02 Å². The SMILES string of the molecule is CC(C)(C)OC(=O)NCC(=O)N1CCC(CNC(=O)CCCOc2ccccc2Cl)CC1. The van der Waals surface area contributed by atoms with E-state index < -0.39 is 11.7 Å². The lowest BCUT2D eigenvalue weighted by atomic mass is 9.96. The van der Waals surface area contributed by atoms with E-state index in [0.29, 0.717) is 55.8 Å². The Bertz CT molecular complexity index is 773. The molecule has 2 rings (SSSR count). The third kappa shape index (κ3) is 9.77. The van der Waals surface area contributed by atoms with Crippen molar-refractivity contribution in [2.24, 2.45) is 5.92 Å². The van der Waals surface area contributed by atoms with Crippen LogP contribution in [0.4, 0.5) is 4.79 Å². The molecule has 1 heterocycles. The van der Waals surface area contributed by atoms with Crippen LogP contribution in [0.3, 0.4) is 0 Å². The summed E-state index contributed by atoms with van der Waals surface area (Å²) >= 11 is 6.03. The van der Waals surface area contributed by atoms with Gasteiger partial charge in [-0.2, -0.15) is 0 Å². The average Bonchev–Trinajstić information content (AvgIpc) is 2.74. The number of rotatable bonds is 9. The molecule has 2 N–H and O–H groups in total. The monoisotopic (exact) mass is 467 g/mol. The van der Waals surface area contributed by atoms with E-state index in [1.807, 2.05) is 12.1 Å². The van der Waals surface area contributed by atoms with E-state index in [0.717, 1.165) is 12.8 Å². The topological polar surface area (TPSA) is 97.0 Å². The molecule has 178 valence electrons. The number of nitrogens with zero attached hydrogens (tertiary/aromatic N) is 1. The number of carbonyl (C=O) groups is 3. The van der Waals surface area contributed by atoms with Crippen molar-refractivity contribution in [3.05, 3.63) is 29.3 Å². The van der Waals surface area contributed by atoms with E-state index in [1.165, 1.54) is 0 Å². The number of nitrogens with one attached hydrogen (secondary N) is 2. The number of alkyl carbamates (subject to hydrolysis) is 1. The van der Waals surface area contributed by atoms with Crippen molar-refractivity contribution in [1.82, 2.24) is 15.5 Å². The van der Waals surface area contributed by atoms with Gasteiger partial charge in [0.1, 0.15) is 17.9 Å². The summed E-state index contributed by atoms with van der Waals surface area (Å²) in [5, 5.41) is 6.03. The summed E-state index contributed by atoms with van der Waals surface area (Å²) < 4.78 is 10.7. The van der Waals surface area contributed by atoms with Gasteiger partial charge in [-0.25, -0.2) is 4.79 Å². The molecule has 1 aliphatic rings. The molecule has 32 heavy (non-hydrogen) atoms. The van der Waals surface area contributed by atoms with Gasteiger partial charge in [0.2, 0.25) is 11.8 Å². The molecule has 1 saturated heterocycles. The summed E-state index contributed by atoms with van der Waals surface area (Å²) in [7, 11) is 0. The average molecular weight is 468 g/mol. The molecule has 0 unspecified atom stereocenters. The Labute approximate surface area is 195 Å². The summed E-state index contributed by atoms with van der Waals surface area (Å²) in [6.07, 6.45) is 2.02. The van der Waals surface area contributed by atoms with Crippen LogP contribution in [0, 0.1) is 5.92 Å². The quantitative estimate of drug-likeness (QED) is 0.542. The van der Waals surface area contributed by atoms with Crippen LogP contribution < -0.4 is 15.4 Å². The zero-order valence-corrected chi connectivity index (χ0v) is 19.9. The highest BCUT2D eigenvalue weighted by Crippen LogP contribution is 2.23. The van der Waals surface area contributed by atoms with Crippen LogP contribution in [0.25, 0.3) is 0 Å². The van der Waals surface area contributed by atoms with Crippen LogP contribution in [-0.2, 0) is 14.3 Å². The predicted molar refractivity (Wildman–Crippen MR) is 123 cm³/mol. The molecule has 0 radical (unpaired) electrons. The van der Waals surface area contributed by atoms with E-state index >= 15 is 0 Å². The van der Waals surface area contributed by atoms with Gasteiger partial charge >= 0.3 is 6.09 Å². The maximum Gasteiger partial charge on any atom is 0.408 e. The Kier molecular flexibility index (Phi) is 10.1. The van der Waals surface area contributed by atoms with Crippen molar-refractivity contribution in [1.29, 1.82) is 0 Å². The van der Waals surface area contributed by atoms with Gasteiger partial charge in [-0.15, -0.1) is 0 Å². The Morgan fingerprint density at radius 3 is 2.47 bits per heavy atom. The van der Waals surface area contributed by atoms with Crippen molar-refractivity contribution in [3.8, 4) is 5.75 Å². The van der Waals surface area contributed by atoms with E-state index in [9.17, 15) is 14.4 Å². The Morgan fingerprint density at radius 1 is 1.12 bits per heavy atom. The van der Waals surface area contributed by atoms with Crippen LogP contribution in [-0.4, -0.2) is 61.2 Å². The summed E-state index contributed by atoms with van der Waals surface area (Å²) in [5.74, 6) is 0.822. The summed E-state index contributed by atoms with van der Waals surface area (Å²) in [4.78, 5) is 37.8. The maximum absolute atomic E-state index is 12.3. The molecule has 1 aliphatic heterocycles. The van der Waals surface area contributed by atoms with Gasteiger partial charge in [-0.3, -0.25) is 9.59 Å². The minimum absolute atomic E-state index is 0.00664. The molecule has 0 aliphatic carbocycles. The fourth-order valence-corrected chi connectivity index (χ4v) is 3.47. The van der Waals surface area contributed by atoms with Crippen LogP contribution in [0.15, 0.2) is 24.3 Å². The first kappa shape index (κ1) is 25.8. The number of likely N-dealkylation sites (tertiary alicyclic amines) is 1. The van der Waals surface area contributed by atoms with Gasteiger partial charge in [-0.05, 0) is 58.1 Å². The molecule has 8 nitrogen and oxygen atoms in total. The third-order valence-electron chi connectivity index (χ3n) is 4.98. The summed E-state index contributed by atoms with van der Waals surface area (Å²) in [6.45, 7) is 7.48. The number of ether oxygens (including phenoxy) is 2. The molecule has 0 bridgehead atoms. The van der Waals surface area contributed by atoms with Gasteiger partial charge in [0.25, 0.3) is 0 Å². The molecule has 1 fully saturated rings. The molecule has 0 aromatic heterocycles. The Hall–Kier alpha value is -2.48. The highest BCUT2D eigenvalue weighted by molar-refractivity contribution is 6.32. The number of benzene rings is 1. The van der Waals surface area contributed by atoms with Crippen molar-refractivity contribution >= 4 is 29.5 Å². The molecule has 9 heteroatoms. The lowest BCUT2D eigenvalue weighted by Gasteiger charge is -2.32. The smallest absolute Gasteiger partial charge is 0.408 e. The van der Waals surface area contributed by atoms with Crippen LogP contribution in [0.5, 0.6) is 5.75 Å². The van der Waals surface area contributed by atoms with Crippen molar-refractivity contribution in [3.63, 3.8) is 0 Å². The van der Waals surface area contributed by atoms with Gasteiger partial charge in [0.15, 0.2) is 0 Å². The molecule has 0 atom stereocenters. The normalized spacial score (nSPS) is 14.6. The van der Waals surface area contributed by atoms with Crippen LogP contribution >= 0.6 is 11.6 Å². The number of halogens is 1. The van der Waals surface area contributed by atoms with Gasteiger partial charge in [0.05, 0.1) is 11.6 Å². The third-order valence-corrected chi connectivity index (χ3v) is 5.29. The van der Waals surface area contributed by atoms with Crippen molar-refractivity contribution < 1.29 is 23.9 Å². The minimum Gasteiger partial charge on any atom is -0.492 e. The van der Waals surface area contributed by atoms with Crippen molar-refractivity contribution in [2.75, 3.05) is 32.8 Å². The number of hydrogen-bond acceptors (Lipinski definition) is 5. The first-order chi connectivity index (χ1) is 15.1. The van der Waals surface area contributed by atoms with E-state index in [-0.39, 0.29) is 18.4 Å². The van der Waals surface area contributed by atoms with E-state index in [2.05, 4.69) is 10.6 Å². The number of piperidine rings is 1. The fraction of sp³-hybridized carbons (Fsp3) is 0.609. The highest BCUT2D eigenvalue weighted by Gasteiger charge is 2.24. The number of para-hydroxylation sites is 1. The van der Waals surface area contributed by atoms with Gasteiger partial charge in [-0.1, -0.05) is 23.7 Å². The van der Waals surface area contributed by atoms with E-state index in [1.54, 1.807) is 37.8 Å². The van der Waals surface area contributed by atoms with Crippen molar-refractivity contribution in [2.45, 2.75) is 52.1 Å². The standard InChI is InChI=1S/C23H34ClN3O5/c1-23(2,3)32-22(30)26-16-21(29)27-12-10-17(11-13-27)15-25-20(28)9-6-14-31-19-8-5-4-7-18(19)24/h4-5,7-8,17H,6,9-16H2,1-3H3,(H,25,28)(H,26,30). The molecule has 3 amide bonds. The first-order valence-corrected chi connectivity index (χ1v) is 11.4. The zero-order chi connectivity index (χ0) is 23.6. The Morgan fingerprint density at radius 2 is 1.81 bits per heavy atom. The zero-order valence-electron chi connectivity index (χ0n) is 19.1.